The number of carbonyl (C=O) groups excluding carboxylic acids is 2. The first-order valence-corrected chi connectivity index (χ1v) is 11.0. The van der Waals surface area contributed by atoms with Crippen molar-refractivity contribution in [2.24, 2.45) is 0 Å². The highest BCUT2D eigenvalue weighted by atomic mass is 16.5. The van der Waals surface area contributed by atoms with Gasteiger partial charge in [0.15, 0.2) is 11.5 Å². The third-order valence-corrected chi connectivity index (χ3v) is 5.75. The van der Waals surface area contributed by atoms with Gasteiger partial charge in [-0.25, -0.2) is 0 Å². The summed E-state index contributed by atoms with van der Waals surface area (Å²) in [6, 6.07) is 15.2. The Kier molecular flexibility index (Phi) is 7.24. The molecule has 0 aromatic heterocycles. The largest absolute Gasteiger partial charge is 0.490 e. The van der Waals surface area contributed by atoms with E-state index in [0.717, 1.165) is 19.5 Å². The molecule has 2 aliphatic heterocycles. The standard InChI is InChI=1S/C24H30N4O4/c1-25-24(30)20-16-27(15-18-6-3-2-4-7-18)10-11-28(20)17-23(29)26-19-8-9-21-22(14-19)32-13-5-12-31-21/h2-4,6-9,14,20H,5,10-13,15-17H2,1H3,(H,25,30)(H,26,29)/t20-/m1/s1. The van der Waals surface area contributed by atoms with E-state index in [1.807, 2.05) is 29.2 Å². The van der Waals surface area contributed by atoms with Crippen molar-refractivity contribution < 1.29 is 19.1 Å². The van der Waals surface area contributed by atoms with Crippen LogP contribution >= 0.6 is 0 Å². The minimum atomic E-state index is -0.382. The maximum Gasteiger partial charge on any atom is 0.238 e. The number of piperazine rings is 1. The van der Waals surface area contributed by atoms with Crippen molar-refractivity contribution in [3.8, 4) is 11.5 Å². The number of rotatable bonds is 6. The number of likely N-dealkylation sites (N-methyl/N-ethyl adjacent to an activating group) is 1. The Hall–Kier alpha value is -3.10. The van der Waals surface area contributed by atoms with E-state index in [1.54, 1.807) is 19.2 Å². The van der Waals surface area contributed by atoms with Crippen LogP contribution in [0.2, 0.25) is 0 Å². The Morgan fingerprint density at radius 2 is 1.81 bits per heavy atom. The minimum Gasteiger partial charge on any atom is -0.490 e. The average Bonchev–Trinajstić information content (AvgIpc) is 3.05. The second kappa shape index (κ2) is 10.5. The van der Waals surface area contributed by atoms with Gasteiger partial charge in [0.2, 0.25) is 11.8 Å². The number of anilines is 1. The number of benzene rings is 2. The van der Waals surface area contributed by atoms with Crippen LogP contribution in [0.25, 0.3) is 0 Å². The number of nitrogens with one attached hydrogen (secondary N) is 2. The first-order chi connectivity index (χ1) is 15.6. The number of fused-ring (bicyclic) bond motifs is 1. The minimum absolute atomic E-state index is 0.0776. The van der Waals surface area contributed by atoms with E-state index in [1.165, 1.54) is 5.56 Å². The van der Waals surface area contributed by atoms with Gasteiger partial charge in [0.1, 0.15) is 6.04 Å². The topological polar surface area (TPSA) is 83.1 Å². The van der Waals surface area contributed by atoms with Gasteiger partial charge >= 0.3 is 0 Å². The Morgan fingerprint density at radius 1 is 1.03 bits per heavy atom. The molecule has 0 bridgehead atoms. The maximum absolute atomic E-state index is 12.8. The molecule has 2 heterocycles. The van der Waals surface area contributed by atoms with Crippen molar-refractivity contribution in [1.29, 1.82) is 0 Å². The average molecular weight is 439 g/mol. The van der Waals surface area contributed by atoms with Crippen LogP contribution in [-0.4, -0.2) is 74.1 Å². The fraction of sp³-hybridized carbons (Fsp3) is 0.417. The summed E-state index contributed by atoms with van der Waals surface area (Å²) in [6.45, 7) is 4.14. The van der Waals surface area contributed by atoms with Crippen LogP contribution < -0.4 is 20.1 Å². The van der Waals surface area contributed by atoms with Gasteiger partial charge in [0.05, 0.1) is 19.8 Å². The molecule has 2 aromatic carbocycles. The van der Waals surface area contributed by atoms with Crippen LogP contribution in [-0.2, 0) is 16.1 Å². The van der Waals surface area contributed by atoms with Crippen LogP contribution in [0.4, 0.5) is 5.69 Å². The van der Waals surface area contributed by atoms with Gasteiger partial charge in [-0.3, -0.25) is 19.4 Å². The zero-order valence-electron chi connectivity index (χ0n) is 18.4. The van der Waals surface area contributed by atoms with E-state index in [4.69, 9.17) is 9.47 Å². The smallest absolute Gasteiger partial charge is 0.238 e. The van der Waals surface area contributed by atoms with Gasteiger partial charge in [-0.2, -0.15) is 0 Å². The molecular weight excluding hydrogens is 408 g/mol. The van der Waals surface area contributed by atoms with Crippen LogP contribution in [0.5, 0.6) is 11.5 Å². The molecule has 0 unspecified atom stereocenters. The number of amides is 2. The lowest BCUT2D eigenvalue weighted by Gasteiger charge is -2.40. The molecule has 32 heavy (non-hydrogen) atoms. The van der Waals surface area contributed by atoms with Crippen LogP contribution in [0.1, 0.15) is 12.0 Å². The van der Waals surface area contributed by atoms with E-state index >= 15 is 0 Å². The van der Waals surface area contributed by atoms with Gasteiger partial charge in [-0.05, 0) is 17.7 Å². The summed E-state index contributed by atoms with van der Waals surface area (Å²) in [5, 5.41) is 5.67. The van der Waals surface area contributed by atoms with Gasteiger partial charge in [0, 0.05) is 51.4 Å². The van der Waals surface area contributed by atoms with Gasteiger partial charge in [0.25, 0.3) is 0 Å². The molecule has 0 spiro atoms. The molecule has 8 heteroatoms. The fourth-order valence-electron chi connectivity index (χ4n) is 4.09. The number of hydrogen-bond acceptors (Lipinski definition) is 6. The second-order valence-electron chi connectivity index (χ2n) is 8.08. The quantitative estimate of drug-likeness (QED) is 0.715. The predicted octanol–water partition coefficient (Wildman–Crippen LogP) is 1.72. The molecule has 8 nitrogen and oxygen atoms in total. The SMILES string of the molecule is CNC(=O)[C@H]1CN(Cc2ccccc2)CCN1CC(=O)Nc1ccc2c(c1)OCCCO2. The maximum atomic E-state index is 12.8. The van der Waals surface area contributed by atoms with Crippen molar-refractivity contribution in [1.82, 2.24) is 15.1 Å². The van der Waals surface area contributed by atoms with E-state index in [0.29, 0.717) is 43.5 Å². The zero-order valence-corrected chi connectivity index (χ0v) is 18.4. The summed E-state index contributed by atoms with van der Waals surface area (Å²) >= 11 is 0. The lowest BCUT2D eigenvalue weighted by molar-refractivity contribution is -0.130. The molecule has 1 fully saturated rings. The molecule has 2 aromatic rings. The lowest BCUT2D eigenvalue weighted by atomic mass is 10.1. The van der Waals surface area contributed by atoms with E-state index < -0.39 is 0 Å². The number of hydrogen-bond donors (Lipinski definition) is 2. The molecule has 1 saturated heterocycles. The summed E-state index contributed by atoms with van der Waals surface area (Å²) in [7, 11) is 1.63. The summed E-state index contributed by atoms with van der Waals surface area (Å²) in [5.41, 5.74) is 1.86. The van der Waals surface area contributed by atoms with Crippen molar-refractivity contribution in [3.05, 3.63) is 54.1 Å². The number of carbonyl (C=O) groups is 2. The van der Waals surface area contributed by atoms with Gasteiger partial charge in [-0.15, -0.1) is 0 Å². The molecule has 4 rings (SSSR count). The van der Waals surface area contributed by atoms with Crippen LogP contribution in [0.3, 0.4) is 0 Å². The number of nitrogens with zero attached hydrogens (tertiary/aromatic N) is 2. The summed E-state index contributed by atoms with van der Waals surface area (Å²) in [4.78, 5) is 29.5. The van der Waals surface area contributed by atoms with E-state index in [9.17, 15) is 9.59 Å². The first-order valence-electron chi connectivity index (χ1n) is 11.0. The predicted molar refractivity (Wildman–Crippen MR) is 122 cm³/mol. The van der Waals surface area contributed by atoms with Crippen molar-refractivity contribution in [2.45, 2.75) is 19.0 Å². The molecule has 2 amide bonds. The number of ether oxygens (including phenoxy) is 2. The molecule has 2 N–H and O–H groups in total. The highest BCUT2D eigenvalue weighted by Gasteiger charge is 2.33. The zero-order chi connectivity index (χ0) is 22.3. The van der Waals surface area contributed by atoms with E-state index in [2.05, 4.69) is 27.7 Å². The van der Waals surface area contributed by atoms with Crippen molar-refractivity contribution in [3.63, 3.8) is 0 Å². The Balaban J connectivity index is 1.37. The van der Waals surface area contributed by atoms with E-state index in [-0.39, 0.29) is 24.4 Å². The van der Waals surface area contributed by atoms with Crippen LogP contribution in [0, 0.1) is 0 Å². The Morgan fingerprint density at radius 3 is 2.59 bits per heavy atom. The first kappa shape index (κ1) is 22.1. The molecule has 1 atom stereocenters. The molecule has 0 radical (unpaired) electrons. The summed E-state index contributed by atoms with van der Waals surface area (Å²) < 4.78 is 11.3. The summed E-state index contributed by atoms with van der Waals surface area (Å²) in [6.07, 6.45) is 0.827. The van der Waals surface area contributed by atoms with Crippen molar-refractivity contribution >= 4 is 17.5 Å². The summed E-state index contributed by atoms with van der Waals surface area (Å²) in [5.74, 6) is 1.09. The highest BCUT2D eigenvalue weighted by molar-refractivity contribution is 5.93. The monoisotopic (exact) mass is 438 g/mol. The van der Waals surface area contributed by atoms with Gasteiger partial charge in [-0.1, -0.05) is 30.3 Å². The lowest BCUT2D eigenvalue weighted by Crippen LogP contribution is -2.59. The molecule has 2 aliphatic rings. The Bertz CT molecular complexity index is 937. The Labute approximate surface area is 188 Å². The van der Waals surface area contributed by atoms with Crippen LogP contribution in [0.15, 0.2) is 48.5 Å². The second-order valence-corrected chi connectivity index (χ2v) is 8.08. The van der Waals surface area contributed by atoms with Crippen molar-refractivity contribution in [2.75, 3.05) is 51.8 Å². The molecular formula is C24H30N4O4. The highest BCUT2D eigenvalue weighted by Crippen LogP contribution is 2.32. The normalized spacial score (nSPS) is 19.1. The fourth-order valence-corrected chi connectivity index (χ4v) is 4.09. The third kappa shape index (κ3) is 5.57. The molecule has 0 aliphatic carbocycles. The molecule has 170 valence electrons. The van der Waals surface area contributed by atoms with Gasteiger partial charge < -0.3 is 20.1 Å². The third-order valence-electron chi connectivity index (χ3n) is 5.75. The molecule has 0 saturated carbocycles.